The topological polar surface area (TPSA) is 12.4 Å². The van der Waals surface area contributed by atoms with Crippen molar-refractivity contribution in [2.24, 2.45) is 4.99 Å². The molecule has 0 atom stereocenters. The highest BCUT2D eigenvalue weighted by molar-refractivity contribution is 6.30. The molecule has 0 unspecified atom stereocenters. The summed E-state index contributed by atoms with van der Waals surface area (Å²) >= 11 is 5.82. The van der Waals surface area contributed by atoms with Crippen molar-refractivity contribution in [1.82, 2.24) is 0 Å². The van der Waals surface area contributed by atoms with Gasteiger partial charge in [-0.3, -0.25) is 4.99 Å². The van der Waals surface area contributed by atoms with Gasteiger partial charge in [-0.1, -0.05) is 41.9 Å². The highest BCUT2D eigenvalue weighted by Crippen LogP contribution is 2.17. The minimum Gasteiger partial charge on any atom is -0.253 e. The van der Waals surface area contributed by atoms with Gasteiger partial charge in [0.1, 0.15) is 0 Å². The highest BCUT2D eigenvalue weighted by atomic mass is 35.5. The molecule has 0 aliphatic heterocycles. The first-order valence-electron chi connectivity index (χ1n) is 5.12. The largest absolute Gasteiger partial charge is 0.253 e. The van der Waals surface area contributed by atoms with E-state index in [1.165, 1.54) is 0 Å². The van der Waals surface area contributed by atoms with Gasteiger partial charge in [0.15, 0.2) is 0 Å². The van der Waals surface area contributed by atoms with E-state index >= 15 is 0 Å². The summed E-state index contributed by atoms with van der Waals surface area (Å²) in [5.41, 5.74) is 3.06. The number of hydrogen-bond donors (Lipinski definition) is 0. The van der Waals surface area contributed by atoms with Crippen LogP contribution in [0.2, 0.25) is 5.02 Å². The first kappa shape index (κ1) is 10.9. The minimum absolute atomic E-state index is 0.733. The van der Waals surface area contributed by atoms with Gasteiger partial charge in [0.05, 0.1) is 5.69 Å². The number of benzene rings is 2. The summed E-state index contributed by atoms with van der Waals surface area (Å²) in [4.78, 5) is 4.53. The minimum atomic E-state index is 0.733. The van der Waals surface area contributed by atoms with Gasteiger partial charge in [-0.25, -0.2) is 0 Å². The summed E-state index contributed by atoms with van der Waals surface area (Å²) in [6, 6.07) is 17.6. The molecule has 0 amide bonds. The molecule has 0 radical (unpaired) electrons. The van der Waals surface area contributed by atoms with Gasteiger partial charge < -0.3 is 0 Å². The second kappa shape index (κ2) is 4.95. The van der Waals surface area contributed by atoms with E-state index in [4.69, 9.17) is 11.6 Å². The Bertz CT molecular complexity index is 486. The molecule has 2 heteroatoms. The van der Waals surface area contributed by atoms with Crippen molar-refractivity contribution in [1.29, 1.82) is 0 Å². The molecule has 2 aromatic rings. The van der Waals surface area contributed by atoms with Crippen molar-refractivity contribution >= 4 is 23.0 Å². The lowest BCUT2D eigenvalue weighted by atomic mass is 10.1. The number of halogens is 1. The van der Waals surface area contributed by atoms with Crippen LogP contribution in [-0.4, -0.2) is 5.71 Å². The molecule has 0 spiro atoms. The fraction of sp³-hybridized carbons (Fsp3) is 0.0714. The highest BCUT2D eigenvalue weighted by Gasteiger charge is 1.96. The second-order valence-electron chi connectivity index (χ2n) is 3.54. The molecule has 0 saturated heterocycles. The van der Waals surface area contributed by atoms with Gasteiger partial charge in [0, 0.05) is 10.7 Å². The lowest BCUT2D eigenvalue weighted by Gasteiger charge is -2.00. The third kappa shape index (κ3) is 2.71. The van der Waals surface area contributed by atoms with Gasteiger partial charge in [-0.05, 0) is 36.8 Å². The zero-order valence-corrected chi connectivity index (χ0v) is 9.78. The van der Waals surface area contributed by atoms with Crippen molar-refractivity contribution in [2.45, 2.75) is 6.92 Å². The third-order valence-electron chi connectivity index (χ3n) is 2.31. The molecular formula is C14H12ClN. The molecule has 0 fully saturated rings. The van der Waals surface area contributed by atoms with Crippen LogP contribution in [0.3, 0.4) is 0 Å². The van der Waals surface area contributed by atoms with Crippen LogP contribution in [0.1, 0.15) is 12.5 Å². The average molecular weight is 230 g/mol. The lowest BCUT2D eigenvalue weighted by Crippen LogP contribution is -1.92. The molecule has 0 aliphatic rings. The molecular weight excluding hydrogens is 218 g/mol. The van der Waals surface area contributed by atoms with Gasteiger partial charge in [-0.2, -0.15) is 0 Å². The van der Waals surface area contributed by atoms with Crippen molar-refractivity contribution < 1.29 is 0 Å². The van der Waals surface area contributed by atoms with Crippen molar-refractivity contribution in [2.75, 3.05) is 0 Å². The molecule has 0 heterocycles. The predicted octanol–water partition coefficient (Wildman–Crippen LogP) is 4.48. The predicted molar refractivity (Wildman–Crippen MR) is 69.8 cm³/mol. The van der Waals surface area contributed by atoms with E-state index in [0.717, 1.165) is 22.0 Å². The second-order valence-corrected chi connectivity index (χ2v) is 3.98. The number of rotatable bonds is 2. The van der Waals surface area contributed by atoms with Gasteiger partial charge in [0.25, 0.3) is 0 Å². The van der Waals surface area contributed by atoms with E-state index in [1.54, 1.807) is 0 Å². The van der Waals surface area contributed by atoms with Crippen molar-refractivity contribution in [3.8, 4) is 0 Å². The summed E-state index contributed by atoms with van der Waals surface area (Å²) in [5.74, 6) is 0. The first-order valence-corrected chi connectivity index (χ1v) is 5.50. The van der Waals surface area contributed by atoms with Crippen LogP contribution in [0, 0.1) is 0 Å². The zero-order chi connectivity index (χ0) is 11.4. The molecule has 80 valence electrons. The van der Waals surface area contributed by atoms with E-state index < -0.39 is 0 Å². The molecule has 0 bridgehead atoms. The summed E-state index contributed by atoms with van der Waals surface area (Å²) in [5, 5.41) is 0.733. The third-order valence-corrected chi connectivity index (χ3v) is 2.57. The first-order chi connectivity index (χ1) is 7.75. The zero-order valence-electron chi connectivity index (χ0n) is 9.02. The van der Waals surface area contributed by atoms with Crippen molar-refractivity contribution in [3.63, 3.8) is 0 Å². The summed E-state index contributed by atoms with van der Waals surface area (Å²) in [6.45, 7) is 2.00. The maximum atomic E-state index is 5.82. The fourth-order valence-electron chi connectivity index (χ4n) is 1.45. The standard InChI is InChI=1S/C14H12ClN/c1-11(12-5-3-2-4-6-12)16-14-9-7-13(15)8-10-14/h2-10H,1H3. The van der Waals surface area contributed by atoms with E-state index in [0.29, 0.717) is 0 Å². The van der Waals surface area contributed by atoms with E-state index in [1.807, 2.05) is 49.4 Å². The number of hydrogen-bond acceptors (Lipinski definition) is 1. The summed E-state index contributed by atoms with van der Waals surface area (Å²) in [6.07, 6.45) is 0. The Labute approximate surface area is 100 Å². The molecule has 16 heavy (non-hydrogen) atoms. The van der Waals surface area contributed by atoms with Crippen LogP contribution >= 0.6 is 11.6 Å². The molecule has 0 saturated carbocycles. The van der Waals surface area contributed by atoms with Gasteiger partial charge in [0.2, 0.25) is 0 Å². The Morgan fingerprint density at radius 2 is 1.56 bits per heavy atom. The van der Waals surface area contributed by atoms with E-state index in [2.05, 4.69) is 17.1 Å². The van der Waals surface area contributed by atoms with Gasteiger partial charge in [-0.15, -0.1) is 0 Å². The smallest absolute Gasteiger partial charge is 0.0634 e. The Balaban J connectivity index is 2.28. The summed E-state index contributed by atoms with van der Waals surface area (Å²) < 4.78 is 0. The lowest BCUT2D eigenvalue weighted by molar-refractivity contribution is 1.47. The number of nitrogens with zero attached hydrogens (tertiary/aromatic N) is 1. The molecule has 2 rings (SSSR count). The summed E-state index contributed by atoms with van der Waals surface area (Å²) in [7, 11) is 0. The van der Waals surface area contributed by atoms with Crippen LogP contribution in [0.5, 0.6) is 0 Å². The van der Waals surface area contributed by atoms with E-state index in [9.17, 15) is 0 Å². The monoisotopic (exact) mass is 229 g/mol. The van der Waals surface area contributed by atoms with Crippen LogP contribution in [0.25, 0.3) is 0 Å². The fourth-order valence-corrected chi connectivity index (χ4v) is 1.58. The molecule has 0 aromatic heterocycles. The Kier molecular flexibility index (Phi) is 3.37. The molecule has 0 aliphatic carbocycles. The molecule has 2 aromatic carbocycles. The Morgan fingerprint density at radius 1 is 0.938 bits per heavy atom. The maximum absolute atomic E-state index is 5.82. The van der Waals surface area contributed by atoms with Crippen molar-refractivity contribution in [3.05, 3.63) is 65.2 Å². The number of aliphatic imine (C=N–C) groups is 1. The van der Waals surface area contributed by atoms with Crippen LogP contribution in [0.15, 0.2) is 59.6 Å². The Morgan fingerprint density at radius 3 is 2.19 bits per heavy atom. The average Bonchev–Trinajstić information content (AvgIpc) is 2.33. The normalized spacial score (nSPS) is 11.5. The molecule has 0 N–H and O–H groups in total. The quantitative estimate of drug-likeness (QED) is 0.674. The SMILES string of the molecule is CC(=Nc1ccc(Cl)cc1)c1ccccc1. The maximum Gasteiger partial charge on any atom is 0.0634 e. The Hall–Kier alpha value is -1.60. The van der Waals surface area contributed by atoms with Crippen LogP contribution in [0.4, 0.5) is 5.69 Å². The van der Waals surface area contributed by atoms with Crippen LogP contribution in [-0.2, 0) is 0 Å². The van der Waals surface area contributed by atoms with Gasteiger partial charge >= 0.3 is 0 Å². The van der Waals surface area contributed by atoms with E-state index in [-0.39, 0.29) is 0 Å². The molecule has 1 nitrogen and oxygen atoms in total. The van der Waals surface area contributed by atoms with Crippen LogP contribution < -0.4 is 0 Å².